The van der Waals surface area contributed by atoms with E-state index in [0.717, 1.165) is 11.1 Å². The summed E-state index contributed by atoms with van der Waals surface area (Å²) in [4.78, 5) is 0. The minimum absolute atomic E-state index is 0.138. The Morgan fingerprint density at radius 1 is 0.727 bits per heavy atom. The monoisotopic (exact) mass is 440 g/mol. The molecule has 0 radical (unpaired) electrons. The van der Waals surface area contributed by atoms with Crippen LogP contribution in [0, 0.1) is 23.7 Å². The topological polar surface area (TPSA) is 58.9 Å². The van der Waals surface area contributed by atoms with E-state index in [4.69, 9.17) is 9.47 Å². The highest BCUT2D eigenvalue weighted by Gasteiger charge is 2.35. The van der Waals surface area contributed by atoms with Crippen LogP contribution in [0.2, 0.25) is 0 Å². The Morgan fingerprint density at radius 3 is 1.88 bits per heavy atom. The number of hydrogen-bond acceptors (Lipinski definition) is 4. The van der Waals surface area contributed by atoms with Crippen molar-refractivity contribution < 1.29 is 19.7 Å². The van der Waals surface area contributed by atoms with Gasteiger partial charge in [0.25, 0.3) is 0 Å². The van der Waals surface area contributed by atoms with Gasteiger partial charge in [-0.05, 0) is 53.8 Å². The molecule has 1 atom stereocenters. The zero-order chi connectivity index (χ0) is 23.5. The van der Waals surface area contributed by atoms with Crippen LogP contribution in [0.15, 0.2) is 72.8 Å². The van der Waals surface area contributed by atoms with E-state index in [0.29, 0.717) is 43.1 Å². The largest absolute Gasteiger partial charge is 0.508 e. The summed E-state index contributed by atoms with van der Waals surface area (Å²) in [5.41, 5.74) is 2.45. The van der Waals surface area contributed by atoms with Gasteiger partial charge in [0.1, 0.15) is 24.6 Å². The molecular weight excluding hydrogens is 412 g/mol. The fourth-order valence-electron chi connectivity index (χ4n) is 3.60. The number of phenolic OH excluding ortho intramolecular Hbond substituents is 1. The molecule has 0 fully saturated rings. The van der Waals surface area contributed by atoms with Crippen molar-refractivity contribution in [1.29, 1.82) is 0 Å². The number of phenols is 1. The fourth-order valence-corrected chi connectivity index (χ4v) is 3.60. The van der Waals surface area contributed by atoms with E-state index in [9.17, 15) is 10.2 Å². The summed E-state index contributed by atoms with van der Waals surface area (Å²) in [6.07, 6.45) is 0. The number of aliphatic hydroxyl groups is 1. The first-order valence-corrected chi connectivity index (χ1v) is 10.7. The molecule has 0 bridgehead atoms. The summed E-state index contributed by atoms with van der Waals surface area (Å²) < 4.78 is 11.3. The second kappa shape index (κ2) is 11.9. The Bertz CT molecular complexity index is 1160. The Kier molecular flexibility index (Phi) is 8.70. The highest BCUT2D eigenvalue weighted by molar-refractivity contribution is 5.51. The summed E-state index contributed by atoms with van der Waals surface area (Å²) >= 11 is 0. The summed E-state index contributed by atoms with van der Waals surface area (Å²) in [5, 5.41) is 22.0. The quantitative estimate of drug-likeness (QED) is 0.286. The predicted molar refractivity (Wildman–Crippen MR) is 129 cm³/mol. The second-order valence-electron chi connectivity index (χ2n) is 7.45. The minimum Gasteiger partial charge on any atom is -0.508 e. The highest BCUT2D eigenvalue weighted by atomic mass is 16.5. The number of rotatable bonds is 9. The average molecular weight is 441 g/mol. The van der Waals surface area contributed by atoms with Crippen LogP contribution in [0.4, 0.5) is 0 Å². The van der Waals surface area contributed by atoms with E-state index in [2.05, 4.69) is 23.7 Å². The Hall–Kier alpha value is -3.54. The molecule has 0 aliphatic carbocycles. The normalized spacial score (nSPS) is 12.1. The smallest absolute Gasteiger partial charge is 0.140 e. The molecule has 0 amide bonds. The van der Waals surface area contributed by atoms with Gasteiger partial charge in [0.15, 0.2) is 0 Å². The van der Waals surface area contributed by atoms with Gasteiger partial charge in [0.2, 0.25) is 0 Å². The lowest BCUT2D eigenvalue weighted by atomic mass is 9.78. The van der Waals surface area contributed by atoms with Gasteiger partial charge < -0.3 is 19.7 Å². The molecule has 2 N–H and O–H groups in total. The van der Waals surface area contributed by atoms with Crippen molar-refractivity contribution in [2.75, 3.05) is 13.2 Å². The van der Waals surface area contributed by atoms with Gasteiger partial charge in [-0.25, -0.2) is 0 Å². The molecule has 168 valence electrons. The van der Waals surface area contributed by atoms with Crippen LogP contribution in [0.25, 0.3) is 0 Å². The van der Waals surface area contributed by atoms with Crippen LogP contribution >= 0.6 is 0 Å². The third-order valence-corrected chi connectivity index (χ3v) is 5.29. The zero-order valence-electron chi connectivity index (χ0n) is 19.0. The molecule has 0 aromatic heterocycles. The van der Waals surface area contributed by atoms with Gasteiger partial charge in [0, 0.05) is 0 Å². The number of ether oxygens (including phenoxy) is 2. The second-order valence-corrected chi connectivity index (χ2v) is 7.45. The molecule has 0 aliphatic heterocycles. The van der Waals surface area contributed by atoms with Gasteiger partial charge in [-0.15, -0.1) is 11.8 Å². The summed E-state index contributed by atoms with van der Waals surface area (Å²) in [5.74, 6) is 11.5. The third kappa shape index (κ3) is 6.04. The average Bonchev–Trinajstić information content (AvgIpc) is 2.85. The Balaban J connectivity index is 2.01. The first kappa shape index (κ1) is 24.1. The van der Waals surface area contributed by atoms with Crippen LogP contribution in [-0.2, 0) is 28.3 Å². The number of aromatic hydroxyl groups is 1. The summed E-state index contributed by atoms with van der Waals surface area (Å²) in [7, 11) is 0. The van der Waals surface area contributed by atoms with Gasteiger partial charge in [0.05, 0.1) is 13.2 Å². The molecular formula is C29H28O4. The molecule has 3 rings (SSSR count). The minimum atomic E-state index is -1.45. The van der Waals surface area contributed by atoms with E-state index in [1.807, 2.05) is 48.5 Å². The summed E-state index contributed by atoms with van der Waals surface area (Å²) in [6, 6.07) is 22.0. The van der Waals surface area contributed by atoms with Crippen LogP contribution in [0.5, 0.6) is 5.75 Å². The molecule has 0 aliphatic rings. The Labute approximate surface area is 195 Å². The first-order valence-electron chi connectivity index (χ1n) is 10.7. The van der Waals surface area contributed by atoms with E-state index >= 15 is 0 Å². The molecule has 0 saturated heterocycles. The maximum absolute atomic E-state index is 12.2. The lowest BCUT2D eigenvalue weighted by molar-refractivity contribution is 0.115. The van der Waals surface area contributed by atoms with Crippen molar-refractivity contribution >= 4 is 0 Å². The molecule has 4 nitrogen and oxygen atoms in total. The molecule has 3 aromatic rings. The van der Waals surface area contributed by atoms with Gasteiger partial charge in [-0.3, -0.25) is 0 Å². The van der Waals surface area contributed by atoms with Crippen molar-refractivity contribution in [3.05, 3.63) is 101 Å². The maximum atomic E-state index is 12.2. The lowest BCUT2D eigenvalue weighted by Crippen LogP contribution is -2.30. The number of benzene rings is 3. The molecule has 33 heavy (non-hydrogen) atoms. The van der Waals surface area contributed by atoms with Crippen molar-refractivity contribution in [3.63, 3.8) is 0 Å². The van der Waals surface area contributed by atoms with Crippen LogP contribution in [0.1, 0.15) is 41.7 Å². The molecule has 0 heterocycles. The fraction of sp³-hybridized carbons (Fsp3) is 0.241. The van der Waals surface area contributed by atoms with Crippen molar-refractivity contribution in [3.8, 4) is 29.4 Å². The van der Waals surface area contributed by atoms with E-state index in [1.54, 1.807) is 38.1 Å². The SMILES string of the molecule is CC#CCOCc1ccc(C(O)(c2ccc(O)cc2)c2ccccc2COCC#CC)cc1. The van der Waals surface area contributed by atoms with Gasteiger partial charge in [-0.2, -0.15) is 0 Å². The predicted octanol–water partition coefficient (Wildman–Crippen LogP) is 4.76. The van der Waals surface area contributed by atoms with E-state index in [1.165, 1.54) is 0 Å². The van der Waals surface area contributed by atoms with E-state index < -0.39 is 5.60 Å². The Morgan fingerprint density at radius 2 is 1.27 bits per heavy atom. The lowest BCUT2D eigenvalue weighted by Gasteiger charge is -2.32. The first-order chi connectivity index (χ1) is 16.1. The standard InChI is InChI=1S/C29H28O4/c1-3-5-19-32-21-23-11-13-25(14-12-23)29(31,26-15-17-27(30)18-16-26)28-10-8-7-9-24(28)22-33-20-6-4-2/h7-18,30-31H,19-22H2,1-2H3. The molecule has 0 spiro atoms. The van der Waals surface area contributed by atoms with Crippen molar-refractivity contribution in [1.82, 2.24) is 0 Å². The molecule has 1 unspecified atom stereocenters. The van der Waals surface area contributed by atoms with Crippen molar-refractivity contribution in [2.24, 2.45) is 0 Å². The molecule has 0 saturated carbocycles. The van der Waals surface area contributed by atoms with Crippen LogP contribution in [-0.4, -0.2) is 23.4 Å². The summed E-state index contributed by atoms with van der Waals surface area (Å²) in [6.45, 7) is 5.01. The van der Waals surface area contributed by atoms with Crippen molar-refractivity contribution in [2.45, 2.75) is 32.7 Å². The number of hydrogen-bond donors (Lipinski definition) is 2. The highest BCUT2D eigenvalue weighted by Crippen LogP contribution is 2.39. The van der Waals surface area contributed by atoms with Crippen LogP contribution < -0.4 is 0 Å². The third-order valence-electron chi connectivity index (χ3n) is 5.29. The van der Waals surface area contributed by atoms with E-state index in [-0.39, 0.29) is 5.75 Å². The van der Waals surface area contributed by atoms with Gasteiger partial charge in [-0.1, -0.05) is 72.5 Å². The molecule has 3 aromatic carbocycles. The maximum Gasteiger partial charge on any atom is 0.140 e. The zero-order valence-corrected chi connectivity index (χ0v) is 19.0. The van der Waals surface area contributed by atoms with Gasteiger partial charge >= 0.3 is 0 Å². The molecule has 4 heteroatoms. The van der Waals surface area contributed by atoms with Crippen LogP contribution in [0.3, 0.4) is 0 Å².